The standard InChI is InChI=1S/C22H17ClN4O2/c1-14-7-9-16(10-8-14)24-22(28)25-17-11-12-18(19(23)13-17)21-27-26-20(29-21)15-5-3-2-4-6-15/h2-13H,1H3,(H2,24,25,28). The van der Waals surface area contributed by atoms with Crippen LogP contribution >= 0.6 is 11.6 Å². The molecule has 0 unspecified atom stereocenters. The summed E-state index contributed by atoms with van der Waals surface area (Å²) in [5, 5.41) is 14.1. The molecule has 0 bridgehead atoms. The van der Waals surface area contributed by atoms with Gasteiger partial charge in [-0.05, 0) is 49.4 Å². The van der Waals surface area contributed by atoms with Crippen molar-refractivity contribution in [2.45, 2.75) is 6.92 Å². The molecule has 7 heteroatoms. The molecular formula is C22H17ClN4O2. The van der Waals surface area contributed by atoms with Gasteiger partial charge in [0.05, 0.1) is 10.6 Å². The highest BCUT2D eigenvalue weighted by molar-refractivity contribution is 6.33. The van der Waals surface area contributed by atoms with E-state index in [1.54, 1.807) is 18.2 Å². The van der Waals surface area contributed by atoms with E-state index in [-0.39, 0.29) is 6.03 Å². The number of halogens is 1. The van der Waals surface area contributed by atoms with Gasteiger partial charge in [0.15, 0.2) is 0 Å². The van der Waals surface area contributed by atoms with Gasteiger partial charge in [0, 0.05) is 16.9 Å². The fourth-order valence-corrected chi connectivity index (χ4v) is 2.99. The van der Waals surface area contributed by atoms with Gasteiger partial charge in [-0.3, -0.25) is 0 Å². The van der Waals surface area contributed by atoms with Crippen molar-refractivity contribution in [3.8, 4) is 22.9 Å². The third kappa shape index (κ3) is 4.44. The van der Waals surface area contributed by atoms with E-state index in [1.807, 2.05) is 61.5 Å². The Morgan fingerprint density at radius 1 is 0.862 bits per heavy atom. The highest BCUT2D eigenvalue weighted by Crippen LogP contribution is 2.31. The summed E-state index contributed by atoms with van der Waals surface area (Å²) in [5.41, 5.74) is 3.79. The number of nitrogens with zero attached hydrogens (tertiary/aromatic N) is 2. The minimum Gasteiger partial charge on any atom is -0.416 e. The Balaban J connectivity index is 1.47. The highest BCUT2D eigenvalue weighted by atomic mass is 35.5. The van der Waals surface area contributed by atoms with Gasteiger partial charge in [0.1, 0.15) is 0 Å². The van der Waals surface area contributed by atoms with Gasteiger partial charge in [-0.1, -0.05) is 47.5 Å². The van der Waals surface area contributed by atoms with Gasteiger partial charge in [-0.25, -0.2) is 4.79 Å². The Bertz CT molecular complexity index is 1140. The van der Waals surface area contributed by atoms with Crippen molar-refractivity contribution in [3.63, 3.8) is 0 Å². The number of aryl methyl sites for hydroxylation is 1. The molecule has 29 heavy (non-hydrogen) atoms. The van der Waals surface area contributed by atoms with Crippen LogP contribution in [0.2, 0.25) is 5.02 Å². The van der Waals surface area contributed by atoms with Crippen LogP contribution in [0.5, 0.6) is 0 Å². The molecule has 0 saturated heterocycles. The van der Waals surface area contributed by atoms with E-state index in [0.29, 0.717) is 33.7 Å². The van der Waals surface area contributed by atoms with Gasteiger partial charge < -0.3 is 15.1 Å². The Morgan fingerprint density at radius 2 is 1.52 bits per heavy atom. The minimum atomic E-state index is -0.359. The van der Waals surface area contributed by atoms with Crippen molar-refractivity contribution in [1.82, 2.24) is 10.2 Å². The molecule has 4 aromatic rings. The van der Waals surface area contributed by atoms with E-state index >= 15 is 0 Å². The van der Waals surface area contributed by atoms with Crippen LogP contribution in [0, 0.1) is 6.92 Å². The summed E-state index contributed by atoms with van der Waals surface area (Å²) in [5.74, 6) is 0.723. The number of anilines is 2. The van der Waals surface area contributed by atoms with Crippen LogP contribution in [0.3, 0.4) is 0 Å². The molecule has 2 amide bonds. The average molecular weight is 405 g/mol. The number of urea groups is 1. The number of hydrogen-bond donors (Lipinski definition) is 2. The molecular weight excluding hydrogens is 388 g/mol. The molecule has 1 heterocycles. The predicted molar refractivity (Wildman–Crippen MR) is 114 cm³/mol. The summed E-state index contributed by atoms with van der Waals surface area (Å²) in [6.45, 7) is 1.99. The number of carbonyl (C=O) groups excluding carboxylic acids is 1. The molecule has 2 N–H and O–H groups in total. The van der Waals surface area contributed by atoms with Gasteiger partial charge in [0.2, 0.25) is 11.8 Å². The zero-order valence-electron chi connectivity index (χ0n) is 15.5. The Labute approximate surface area is 172 Å². The summed E-state index contributed by atoms with van der Waals surface area (Å²) in [7, 11) is 0. The summed E-state index contributed by atoms with van der Waals surface area (Å²) in [6.07, 6.45) is 0. The number of carbonyl (C=O) groups is 1. The van der Waals surface area contributed by atoms with E-state index in [4.69, 9.17) is 16.0 Å². The number of benzene rings is 3. The maximum atomic E-state index is 12.2. The smallest absolute Gasteiger partial charge is 0.323 e. The molecule has 0 aliphatic rings. The van der Waals surface area contributed by atoms with Crippen LogP contribution in [-0.2, 0) is 0 Å². The van der Waals surface area contributed by atoms with Crippen molar-refractivity contribution in [3.05, 3.63) is 83.4 Å². The van der Waals surface area contributed by atoms with E-state index in [9.17, 15) is 4.79 Å². The second-order valence-electron chi connectivity index (χ2n) is 6.42. The largest absolute Gasteiger partial charge is 0.416 e. The van der Waals surface area contributed by atoms with E-state index in [2.05, 4.69) is 20.8 Å². The van der Waals surface area contributed by atoms with Gasteiger partial charge in [-0.2, -0.15) is 0 Å². The third-order valence-corrected chi connectivity index (χ3v) is 4.53. The van der Waals surface area contributed by atoms with E-state index < -0.39 is 0 Å². The Kier molecular flexibility index (Phi) is 5.27. The predicted octanol–water partition coefficient (Wildman–Crippen LogP) is 6.01. The van der Waals surface area contributed by atoms with Crippen LogP contribution in [0.25, 0.3) is 22.9 Å². The summed E-state index contributed by atoms with van der Waals surface area (Å²) in [4.78, 5) is 12.2. The molecule has 0 radical (unpaired) electrons. The molecule has 0 atom stereocenters. The molecule has 4 rings (SSSR count). The first-order chi connectivity index (χ1) is 14.1. The second kappa shape index (κ2) is 8.16. The molecule has 0 saturated carbocycles. The number of aromatic nitrogens is 2. The molecule has 1 aromatic heterocycles. The van der Waals surface area contributed by atoms with Crippen LogP contribution in [-0.4, -0.2) is 16.2 Å². The lowest BCUT2D eigenvalue weighted by molar-refractivity contribution is 0.262. The van der Waals surface area contributed by atoms with Gasteiger partial charge >= 0.3 is 6.03 Å². The maximum absolute atomic E-state index is 12.2. The molecule has 6 nitrogen and oxygen atoms in total. The minimum absolute atomic E-state index is 0.310. The molecule has 0 fully saturated rings. The van der Waals surface area contributed by atoms with Crippen LogP contribution in [0.4, 0.5) is 16.2 Å². The van der Waals surface area contributed by atoms with Crippen LogP contribution in [0.15, 0.2) is 77.2 Å². The first-order valence-electron chi connectivity index (χ1n) is 8.92. The normalized spacial score (nSPS) is 10.6. The highest BCUT2D eigenvalue weighted by Gasteiger charge is 2.14. The lowest BCUT2D eigenvalue weighted by Gasteiger charge is -2.09. The second-order valence-corrected chi connectivity index (χ2v) is 6.83. The first-order valence-corrected chi connectivity index (χ1v) is 9.30. The van der Waals surface area contributed by atoms with Crippen molar-refractivity contribution in [2.75, 3.05) is 10.6 Å². The molecule has 3 aromatic carbocycles. The molecule has 0 spiro atoms. The Hall–Kier alpha value is -3.64. The number of amides is 2. The fourth-order valence-electron chi connectivity index (χ4n) is 2.73. The maximum Gasteiger partial charge on any atom is 0.323 e. The quantitative estimate of drug-likeness (QED) is 0.436. The van der Waals surface area contributed by atoms with Gasteiger partial charge in [0.25, 0.3) is 0 Å². The summed E-state index contributed by atoms with van der Waals surface area (Å²) >= 11 is 6.38. The SMILES string of the molecule is Cc1ccc(NC(=O)Nc2ccc(-c3nnc(-c4ccccc4)o3)c(Cl)c2)cc1. The van der Waals surface area contributed by atoms with Crippen molar-refractivity contribution in [2.24, 2.45) is 0 Å². The van der Waals surface area contributed by atoms with E-state index in [0.717, 1.165) is 11.1 Å². The number of rotatable bonds is 4. The first kappa shape index (κ1) is 18.7. The van der Waals surface area contributed by atoms with Crippen LogP contribution in [0.1, 0.15) is 5.56 Å². The lowest BCUT2D eigenvalue weighted by Crippen LogP contribution is -2.19. The molecule has 144 valence electrons. The summed E-state index contributed by atoms with van der Waals surface area (Å²) < 4.78 is 5.74. The zero-order valence-corrected chi connectivity index (χ0v) is 16.3. The molecule has 0 aliphatic heterocycles. The summed E-state index contributed by atoms with van der Waals surface area (Å²) in [6, 6.07) is 21.7. The number of nitrogens with one attached hydrogen (secondary N) is 2. The third-order valence-electron chi connectivity index (χ3n) is 4.21. The monoisotopic (exact) mass is 404 g/mol. The van der Waals surface area contributed by atoms with Crippen molar-refractivity contribution < 1.29 is 9.21 Å². The lowest BCUT2D eigenvalue weighted by atomic mass is 10.2. The van der Waals surface area contributed by atoms with Gasteiger partial charge in [-0.15, -0.1) is 10.2 Å². The topological polar surface area (TPSA) is 80.0 Å². The Morgan fingerprint density at radius 3 is 2.24 bits per heavy atom. The zero-order chi connectivity index (χ0) is 20.2. The molecule has 0 aliphatic carbocycles. The number of hydrogen-bond acceptors (Lipinski definition) is 4. The van der Waals surface area contributed by atoms with Crippen molar-refractivity contribution in [1.29, 1.82) is 0 Å². The average Bonchev–Trinajstić information content (AvgIpc) is 3.20. The van der Waals surface area contributed by atoms with Crippen LogP contribution < -0.4 is 10.6 Å². The van der Waals surface area contributed by atoms with E-state index in [1.165, 1.54) is 0 Å². The van der Waals surface area contributed by atoms with Crippen molar-refractivity contribution >= 4 is 29.0 Å². The fraction of sp³-hybridized carbons (Fsp3) is 0.0455.